The van der Waals surface area contributed by atoms with E-state index in [1.807, 2.05) is 42.5 Å². The van der Waals surface area contributed by atoms with Crippen molar-refractivity contribution in [1.29, 1.82) is 0 Å². The van der Waals surface area contributed by atoms with E-state index in [4.69, 9.17) is 9.47 Å². The lowest BCUT2D eigenvalue weighted by atomic mass is 9.81. The molecule has 0 amide bonds. The van der Waals surface area contributed by atoms with Gasteiger partial charge in [-0.25, -0.2) is 0 Å². The Kier molecular flexibility index (Phi) is 4.33. The van der Waals surface area contributed by atoms with Gasteiger partial charge in [0.05, 0.1) is 20.3 Å². The molecule has 1 atom stereocenters. The maximum absolute atomic E-state index is 13.1. The molecule has 0 fully saturated rings. The number of carbonyl (C=O) groups excluding carboxylic acids is 1. The Morgan fingerprint density at radius 2 is 1.71 bits per heavy atom. The smallest absolute Gasteiger partial charge is 0.184 e. The van der Waals surface area contributed by atoms with Crippen molar-refractivity contribution in [1.82, 2.24) is 5.32 Å². The summed E-state index contributed by atoms with van der Waals surface area (Å²) < 4.78 is 10.8. The molecule has 2 aromatic rings. The summed E-state index contributed by atoms with van der Waals surface area (Å²) in [4.78, 5) is 13.1. The van der Waals surface area contributed by atoms with Gasteiger partial charge in [0.15, 0.2) is 17.3 Å². The van der Waals surface area contributed by atoms with Crippen LogP contribution in [0.25, 0.3) is 0 Å². The second kappa shape index (κ2) is 6.29. The third-order valence-corrected chi connectivity index (χ3v) is 4.44. The molecule has 1 aliphatic rings. The van der Waals surface area contributed by atoms with Crippen LogP contribution < -0.4 is 14.8 Å². The number of hydrogen-bond donors (Lipinski definition) is 1. The summed E-state index contributed by atoms with van der Waals surface area (Å²) in [5, 5.41) is 3.49. The molecule has 0 aromatic heterocycles. The zero-order chi connectivity index (χ0) is 17.3. The van der Waals surface area contributed by atoms with Crippen LogP contribution in [0.4, 0.5) is 0 Å². The predicted octanol–water partition coefficient (Wildman–Crippen LogP) is 3.55. The van der Waals surface area contributed by atoms with Crippen molar-refractivity contribution in [3.05, 3.63) is 59.2 Å². The lowest BCUT2D eigenvalue weighted by Crippen LogP contribution is -2.49. The first kappa shape index (κ1) is 16.5. The number of ether oxygens (including phenoxy) is 2. The topological polar surface area (TPSA) is 47.6 Å². The van der Waals surface area contributed by atoms with E-state index in [0.29, 0.717) is 17.1 Å². The lowest BCUT2D eigenvalue weighted by Gasteiger charge is -2.38. The Hall–Kier alpha value is -2.33. The van der Waals surface area contributed by atoms with Gasteiger partial charge in [0.1, 0.15) is 0 Å². The molecular formula is C20H23NO3. The molecule has 0 spiro atoms. The number of fused-ring (bicyclic) bond motifs is 1. The van der Waals surface area contributed by atoms with Crippen LogP contribution in [0, 0.1) is 0 Å². The van der Waals surface area contributed by atoms with Crippen molar-refractivity contribution in [2.75, 3.05) is 14.2 Å². The molecule has 24 heavy (non-hydrogen) atoms. The van der Waals surface area contributed by atoms with Gasteiger partial charge >= 0.3 is 0 Å². The summed E-state index contributed by atoms with van der Waals surface area (Å²) in [6.07, 6.45) is 0.821. The normalized spacial score (nSPS) is 18.6. The van der Waals surface area contributed by atoms with Crippen LogP contribution in [0.15, 0.2) is 42.5 Å². The lowest BCUT2D eigenvalue weighted by molar-refractivity contribution is 0.0913. The van der Waals surface area contributed by atoms with Gasteiger partial charge in [-0.3, -0.25) is 10.1 Å². The van der Waals surface area contributed by atoms with Gasteiger partial charge in [0.25, 0.3) is 0 Å². The van der Waals surface area contributed by atoms with E-state index in [9.17, 15) is 4.79 Å². The number of benzene rings is 2. The molecule has 1 N–H and O–H groups in total. The van der Waals surface area contributed by atoms with Gasteiger partial charge in [0, 0.05) is 11.1 Å². The van der Waals surface area contributed by atoms with Crippen molar-refractivity contribution < 1.29 is 14.3 Å². The monoisotopic (exact) mass is 325 g/mol. The van der Waals surface area contributed by atoms with Crippen LogP contribution in [-0.2, 0) is 6.42 Å². The first-order valence-electron chi connectivity index (χ1n) is 8.07. The van der Waals surface area contributed by atoms with E-state index in [2.05, 4.69) is 19.2 Å². The van der Waals surface area contributed by atoms with Crippen molar-refractivity contribution in [3.63, 3.8) is 0 Å². The summed E-state index contributed by atoms with van der Waals surface area (Å²) >= 11 is 0. The van der Waals surface area contributed by atoms with Gasteiger partial charge in [-0.1, -0.05) is 30.3 Å². The molecule has 0 bridgehead atoms. The van der Waals surface area contributed by atoms with Crippen LogP contribution in [0.1, 0.15) is 41.4 Å². The van der Waals surface area contributed by atoms with Gasteiger partial charge in [-0.05, 0) is 43.5 Å². The molecule has 3 rings (SSSR count). The van der Waals surface area contributed by atoms with Crippen molar-refractivity contribution >= 4 is 5.78 Å². The SMILES string of the molecule is COc1cc2c(cc1OC)C(C(=O)c1ccccc1)NC(C)(C)C2. The Balaban J connectivity index is 2.10. The van der Waals surface area contributed by atoms with Crippen LogP contribution in [0.5, 0.6) is 11.5 Å². The van der Waals surface area contributed by atoms with Crippen molar-refractivity contribution in [2.45, 2.75) is 31.8 Å². The average molecular weight is 325 g/mol. The van der Waals surface area contributed by atoms with Crippen molar-refractivity contribution in [3.8, 4) is 11.5 Å². The van der Waals surface area contributed by atoms with Crippen LogP contribution in [0.3, 0.4) is 0 Å². The van der Waals surface area contributed by atoms with E-state index in [-0.39, 0.29) is 11.3 Å². The summed E-state index contributed by atoms with van der Waals surface area (Å²) in [5.74, 6) is 1.40. The van der Waals surface area contributed by atoms with Crippen molar-refractivity contribution in [2.24, 2.45) is 0 Å². The molecule has 126 valence electrons. The third-order valence-electron chi connectivity index (χ3n) is 4.44. The summed E-state index contributed by atoms with van der Waals surface area (Å²) in [5.41, 5.74) is 2.60. The van der Waals surface area contributed by atoms with Crippen LogP contribution in [0.2, 0.25) is 0 Å². The van der Waals surface area contributed by atoms with E-state index >= 15 is 0 Å². The fourth-order valence-corrected chi connectivity index (χ4v) is 3.33. The standard InChI is InChI=1S/C20H23NO3/c1-20(2)12-14-10-16(23-3)17(24-4)11-15(14)18(21-20)19(22)13-8-6-5-7-9-13/h5-11,18,21H,12H2,1-4H3. The van der Waals surface area contributed by atoms with E-state index in [1.54, 1.807) is 14.2 Å². The predicted molar refractivity (Wildman–Crippen MR) is 94.0 cm³/mol. The molecule has 2 aromatic carbocycles. The van der Waals surface area contributed by atoms with E-state index in [0.717, 1.165) is 17.5 Å². The number of methoxy groups -OCH3 is 2. The molecular weight excluding hydrogens is 302 g/mol. The van der Waals surface area contributed by atoms with Gasteiger partial charge < -0.3 is 9.47 Å². The largest absolute Gasteiger partial charge is 0.493 e. The highest BCUT2D eigenvalue weighted by Crippen LogP contribution is 2.39. The fourth-order valence-electron chi connectivity index (χ4n) is 3.33. The maximum Gasteiger partial charge on any atom is 0.184 e. The number of rotatable bonds is 4. The molecule has 1 unspecified atom stereocenters. The number of hydrogen-bond acceptors (Lipinski definition) is 4. The number of Topliss-reactive ketones (excluding diaryl/α,β-unsaturated/α-hetero) is 1. The van der Waals surface area contributed by atoms with E-state index < -0.39 is 6.04 Å². The fraction of sp³-hybridized carbons (Fsp3) is 0.350. The summed E-state index contributed by atoms with van der Waals surface area (Å²) in [6, 6.07) is 12.9. The molecule has 1 aliphatic heterocycles. The Bertz CT molecular complexity index is 753. The molecule has 1 heterocycles. The Morgan fingerprint density at radius 3 is 2.33 bits per heavy atom. The number of ketones is 1. The second-order valence-electron chi connectivity index (χ2n) is 6.77. The highest BCUT2D eigenvalue weighted by atomic mass is 16.5. The number of carbonyl (C=O) groups is 1. The minimum absolute atomic E-state index is 0.0665. The zero-order valence-corrected chi connectivity index (χ0v) is 14.6. The first-order valence-corrected chi connectivity index (χ1v) is 8.07. The summed E-state index contributed by atoms with van der Waals surface area (Å²) in [6.45, 7) is 4.22. The molecule has 0 aliphatic carbocycles. The van der Waals surface area contributed by atoms with Gasteiger partial charge in [0.2, 0.25) is 0 Å². The highest BCUT2D eigenvalue weighted by molar-refractivity contribution is 6.01. The Morgan fingerprint density at radius 1 is 1.08 bits per heavy atom. The second-order valence-corrected chi connectivity index (χ2v) is 6.77. The van der Waals surface area contributed by atoms with E-state index in [1.165, 1.54) is 0 Å². The Labute approximate surface area is 142 Å². The van der Waals surface area contributed by atoms with Crippen LogP contribution >= 0.6 is 0 Å². The minimum Gasteiger partial charge on any atom is -0.493 e. The van der Waals surface area contributed by atoms with Gasteiger partial charge in [-0.2, -0.15) is 0 Å². The quantitative estimate of drug-likeness (QED) is 0.873. The maximum atomic E-state index is 13.1. The molecule has 4 nitrogen and oxygen atoms in total. The number of nitrogens with one attached hydrogen (secondary N) is 1. The first-order chi connectivity index (χ1) is 11.4. The minimum atomic E-state index is -0.397. The molecule has 0 saturated carbocycles. The van der Waals surface area contributed by atoms with Crippen LogP contribution in [-0.4, -0.2) is 25.5 Å². The highest BCUT2D eigenvalue weighted by Gasteiger charge is 2.36. The molecule has 0 saturated heterocycles. The third kappa shape index (κ3) is 3.02. The molecule has 4 heteroatoms. The van der Waals surface area contributed by atoms with Gasteiger partial charge in [-0.15, -0.1) is 0 Å². The zero-order valence-electron chi connectivity index (χ0n) is 14.6. The summed E-state index contributed by atoms with van der Waals surface area (Å²) in [7, 11) is 3.24. The average Bonchev–Trinajstić information content (AvgIpc) is 2.59. The molecule has 0 radical (unpaired) electrons.